The first-order chi connectivity index (χ1) is 13.1. The number of fused-ring (bicyclic) bond motifs is 1. The lowest BCUT2D eigenvalue weighted by molar-refractivity contribution is 0.513. The number of aromatic nitrogens is 1. The van der Waals surface area contributed by atoms with E-state index in [-0.39, 0.29) is 5.41 Å². The summed E-state index contributed by atoms with van der Waals surface area (Å²) in [6.07, 6.45) is 1.11. The van der Waals surface area contributed by atoms with Gasteiger partial charge in [0.25, 0.3) is 0 Å². The second kappa shape index (κ2) is 7.36. The fourth-order valence-corrected chi connectivity index (χ4v) is 4.71. The topological polar surface area (TPSA) is 15.8 Å². The second-order valence-electron chi connectivity index (χ2n) is 7.69. The maximum Gasteiger partial charge on any atom is 0.0544 e. The molecule has 2 heteroatoms. The Hall–Kier alpha value is -2.32. The molecule has 0 aliphatic rings. The fourth-order valence-electron chi connectivity index (χ4n) is 3.72. The molecule has 0 amide bonds. The van der Waals surface area contributed by atoms with Crippen molar-refractivity contribution in [1.82, 2.24) is 4.98 Å². The molecular formula is C25H24BrN. The SMILES string of the molecule is CC(C)(CCBr)c1ccc2[nH]c(-c3ccccc3)c(-c3ccccc3)c2c1. The Bertz CT molecular complexity index is 1050. The molecule has 0 fully saturated rings. The van der Waals surface area contributed by atoms with Gasteiger partial charge in [-0.1, -0.05) is 96.5 Å². The van der Waals surface area contributed by atoms with Gasteiger partial charge in [0, 0.05) is 21.8 Å². The van der Waals surface area contributed by atoms with Crippen LogP contribution < -0.4 is 0 Å². The highest BCUT2D eigenvalue weighted by atomic mass is 79.9. The van der Waals surface area contributed by atoms with Gasteiger partial charge >= 0.3 is 0 Å². The van der Waals surface area contributed by atoms with Crippen LogP contribution >= 0.6 is 15.9 Å². The van der Waals surface area contributed by atoms with Crippen LogP contribution in [0, 0.1) is 0 Å². The van der Waals surface area contributed by atoms with Crippen molar-refractivity contribution in [1.29, 1.82) is 0 Å². The third-order valence-electron chi connectivity index (χ3n) is 5.42. The second-order valence-corrected chi connectivity index (χ2v) is 8.48. The molecule has 1 heterocycles. The van der Waals surface area contributed by atoms with Gasteiger partial charge in [-0.25, -0.2) is 0 Å². The molecule has 0 saturated heterocycles. The molecule has 136 valence electrons. The van der Waals surface area contributed by atoms with Gasteiger partial charge in [0.15, 0.2) is 0 Å². The molecule has 0 aliphatic carbocycles. The van der Waals surface area contributed by atoms with E-state index in [1.165, 1.54) is 38.9 Å². The molecule has 0 saturated carbocycles. The molecule has 0 spiro atoms. The molecule has 0 aliphatic heterocycles. The highest BCUT2D eigenvalue weighted by Gasteiger charge is 2.22. The van der Waals surface area contributed by atoms with E-state index in [4.69, 9.17) is 0 Å². The summed E-state index contributed by atoms with van der Waals surface area (Å²) in [6.45, 7) is 4.64. The van der Waals surface area contributed by atoms with E-state index in [0.717, 1.165) is 11.8 Å². The van der Waals surface area contributed by atoms with Crippen LogP contribution in [0.25, 0.3) is 33.3 Å². The van der Waals surface area contributed by atoms with Crippen molar-refractivity contribution in [3.8, 4) is 22.4 Å². The van der Waals surface area contributed by atoms with Crippen LogP contribution in [0.5, 0.6) is 0 Å². The molecule has 0 unspecified atom stereocenters. The van der Waals surface area contributed by atoms with Gasteiger partial charge < -0.3 is 4.98 Å². The number of H-pyrrole nitrogens is 1. The Kier molecular flexibility index (Phi) is 4.92. The van der Waals surface area contributed by atoms with Crippen molar-refractivity contribution in [3.05, 3.63) is 84.4 Å². The normalized spacial score (nSPS) is 11.8. The summed E-state index contributed by atoms with van der Waals surface area (Å²) in [7, 11) is 0. The number of aromatic amines is 1. The first kappa shape index (κ1) is 18.1. The standard InChI is InChI=1S/C25H24BrN/c1-25(2,15-16-26)20-13-14-22-21(17-20)23(18-9-5-3-6-10-18)24(27-22)19-11-7-4-8-12-19/h3-14,17,27H,15-16H2,1-2H3. The van der Waals surface area contributed by atoms with Crippen LogP contribution in [0.2, 0.25) is 0 Å². The van der Waals surface area contributed by atoms with Crippen molar-refractivity contribution in [2.45, 2.75) is 25.7 Å². The van der Waals surface area contributed by atoms with Crippen LogP contribution in [0.4, 0.5) is 0 Å². The Balaban J connectivity index is 1.99. The number of hydrogen-bond acceptors (Lipinski definition) is 0. The van der Waals surface area contributed by atoms with Crippen LogP contribution in [0.3, 0.4) is 0 Å². The van der Waals surface area contributed by atoms with Crippen LogP contribution in [-0.4, -0.2) is 10.3 Å². The van der Waals surface area contributed by atoms with E-state index in [0.29, 0.717) is 0 Å². The van der Waals surface area contributed by atoms with E-state index in [9.17, 15) is 0 Å². The van der Waals surface area contributed by atoms with Gasteiger partial charge in [0.1, 0.15) is 0 Å². The highest BCUT2D eigenvalue weighted by molar-refractivity contribution is 9.09. The molecule has 1 N–H and O–H groups in total. The van der Waals surface area contributed by atoms with Gasteiger partial charge in [0.2, 0.25) is 0 Å². The molecule has 4 rings (SSSR count). The highest BCUT2D eigenvalue weighted by Crippen LogP contribution is 2.40. The third kappa shape index (κ3) is 3.46. The molecule has 27 heavy (non-hydrogen) atoms. The predicted molar refractivity (Wildman–Crippen MR) is 121 cm³/mol. The van der Waals surface area contributed by atoms with E-state index < -0.39 is 0 Å². The molecule has 1 aromatic heterocycles. The minimum atomic E-state index is 0.135. The number of halogens is 1. The first-order valence-corrected chi connectivity index (χ1v) is 10.6. The Morgan fingerprint density at radius 1 is 0.815 bits per heavy atom. The predicted octanol–water partition coefficient (Wildman–Crippen LogP) is 7.56. The monoisotopic (exact) mass is 417 g/mol. The third-order valence-corrected chi connectivity index (χ3v) is 5.82. The van der Waals surface area contributed by atoms with Gasteiger partial charge in [-0.15, -0.1) is 0 Å². The number of alkyl halides is 1. The summed E-state index contributed by atoms with van der Waals surface area (Å²) < 4.78 is 0. The molecule has 3 aromatic carbocycles. The summed E-state index contributed by atoms with van der Waals surface area (Å²) in [6, 6.07) is 28.2. The number of nitrogens with one attached hydrogen (secondary N) is 1. The van der Waals surface area contributed by atoms with E-state index in [1.807, 2.05) is 0 Å². The minimum Gasteiger partial charge on any atom is -0.354 e. The summed E-state index contributed by atoms with van der Waals surface area (Å²) in [5.74, 6) is 0. The molecule has 0 bridgehead atoms. The maximum absolute atomic E-state index is 3.68. The number of benzene rings is 3. The molecule has 1 nitrogen and oxygen atoms in total. The summed E-state index contributed by atoms with van der Waals surface area (Å²) >= 11 is 3.61. The van der Waals surface area contributed by atoms with Crippen molar-refractivity contribution in [2.75, 3.05) is 5.33 Å². The van der Waals surface area contributed by atoms with E-state index >= 15 is 0 Å². The molecular weight excluding hydrogens is 394 g/mol. The molecule has 0 atom stereocenters. The number of hydrogen-bond donors (Lipinski definition) is 1. The van der Waals surface area contributed by atoms with E-state index in [1.54, 1.807) is 0 Å². The van der Waals surface area contributed by atoms with Gasteiger partial charge in [-0.3, -0.25) is 0 Å². The zero-order chi connectivity index (χ0) is 18.9. The lowest BCUT2D eigenvalue weighted by atomic mass is 9.81. The van der Waals surface area contributed by atoms with Gasteiger partial charge in [-0.05, 0) is 40.7 Å². The number of rotatable bonds is 5. The average molecular weight is 418 g/mol. The Labute approximate surface area is 169 Å². The van der Waals surface area contributed by atoms with Crippen molar-refractivity contribution in [3.63, 3.8) is 0 Å². The largest absolute Gasteiger partial charge is 0.354 e. The zero-order valence-electron chi connectivity index (χ0n) is 15.8. The van der Waals surface area contributed by atoms with E-state index in [2.05, 4.69) is 114 Å². The summed E-state index contributed by atoms with van der Waals surface area (Å²) in [5, 5.41) is 2.30. The van der Waals surface area contributed by atoms with Crippen molar-refractivity contribution < 1.29 is 0 Å². The summed E-state index contributed by atoms with van der Waals surface area (Å²) in [4.78, 5) is 3.68. The lowest BCUT2D eigenvalue weighted by Gasteiger charge is -2.24. The van der Waals surface area contributed by atoms with Gasteiger partial charge in [0.05, 0.1) is 5.69 Å². The maximum atomic E-state index is 3.68. The summed E-state index contributed by atoms with van der Waals surface area (Å²) in [5.41, 5.74) is 7.64. The van der Waals surface area contributed by atoms with Crippen LogP contribution in [0.15, 0.2) is 78.9 Å². The fraction of sp³-hybridized carbons (Fsp3) is 0.200. The van der Waals surface area contributed by atoms with Crippen molar-refractivity contribution in [2.24, 2.45) is 0 Å². The molecule has 0 radical (unpaired) electrons. The van der Waals surface area contributed by atoms with Crippen molar-refractivity contribution >= 4 is 26.8 Å². The van der Waals surface area contributed by atoms with Crippen LogP contribution in [0.1, 0.15) is 25.8 Å². The smallest absolute Gasteiger partial charge is 0.0544 e. The van der Waals surface area contributed by atoms with Gasteiger partial charge in [-0.2, -0.15) is 0 Å². The Morgan fingerprint density at radius 2 is 1.44 bits per heavy atom. The lowest BCUT2D eigenvalue weighted by Crippen LogP contribution is -2.17. The zero-order valence-corrected chi connectivity index (χ0v) is 17.4. The molecule has 4 aromatic rings. The van der Waals surface area contributed by atoms with Crippen LogP contribution in [-0.2, 0) is 5.41 Å². The average Bonchev–Trinajstić information content (AvgIpc) is 3.08. The quantitative estimate of drug-likeness (QED) is 0.322. The first-order valence-electron chi connectivity index (χ1n) is 9.43. The minimum absolute atomic E-state index is 0.135. The Morgan fingerprint density at radius 3 is 2.07 bits per heavy atom.